The average Bonchev–Trinajstić information content (AvgIpc) is 3.25. The molecule has 0 bridgehead atoms. The van der Waals surface area contributed by atoms with Crippen LogP contribution < -0.4 is 5.32 Å². The van der Waals surface area contributed by atoms with E-state index in [1.54, 1.807) is 18.5 Å². The minimum Gasteiger partial charge on any atom is -0.449 e. The van der Waals surface area contributed by atoms with Gasteiger partial charge in [0.25, 0.3) is 5.91 Å². The van der Waals surface area contributed by atoms with Crippen LogP contribution >= 0.6 is 0 Å². The van der Waals surface area contributed by atoms with Gasteiger partial charge in [-0.25, -0.2) is 0 Å². The molecule has 1 aliphatic carbocycles. The molecule has 2 aromatic heterocycles. The minimum atomic E-state index is -0.169. The number of carbonyl (C=O) groups excluding carboxylic acids is 2. The summed E-state index contributed by atoms with van der Waals surface area (Å²) in [6.45, 7) is 3.95. The zero-order chi connectivity index (χ0) is 20.6. The standard InChI is InChI=1S/C23H29N3O4/c27-21(11-16-2-9-29-10-3-16)26-7-4-23(5-8-26)13-18(23)14-25-22(28)19-12-17-1-6-24-15-20(17)30-19/h1,6,12,15-16,18H,2-5,7-11,13-14H2,(H,25,28). The first-order valence-electron chi connectivity index (χ1n) is 11.1. The molecule has 1 unspecified atom stereocenters. The van der Waals surface area contributed by atoms with E-state index in [2.05, 4.69) is 15.2 Å². The van der Waals surface area contributed by atoms with E-state index in [-0.39, 0.29) is 5.91 Å². The molecule has 1 N–H and O–H groups in total. The van der Waals surface area contributed by atoms with Crippen LogP contribution in [0.4, 0.5) is 0 Å². The van der Waals surface area contributed by atoms with Crippen LogP contribution in [0.1, 0.15) is 49.1 Å². The van der Waals surface area contributed by atoms with Gasteiger partial charge in [-0.2, -0.15) is 0 Å². The van der Waals surface area contributed by atoms with Crippen LogP contribution in [0.15, 0.2) is 28.9 Å². The van der Waals surface area contributed by atoms with Gasteiger partial charge >= 0.3 is 0 Å². The normalized spacial score (nSPS) is 23.6. The van der Waals surface area contributed by atoms with Crippen LogP contribution in [-0.2, 0) is 9.53 Å². The van der Waals surface area contributed by atoms with Crippen molar-refractivity contribution in [2.24, 2.45) is 17.3 Å². The second-order valence-corrected chi connectivity index (χ2v) is 9.14. The Morgan fingerprint density at radius 1 is 1.23 bits per heavy atom. The molecule has 1 atom stereocenters. The first-order chi connectivity index (χ1) is 14.6. The van der Waals surface area contributed by atoms with Gasteiger partial charge in [-0.05, 0) is 61.5 Å². The van der Waals surface area contributed by atoms with Crippen LogP contribution in [0.3, 0.4) is 0 Å². The van der Waals surface area contributed by atoms with E-state index in [1.807, 2.05) is 6.07 Å². The summed E-state index contributed by atoms with van der Waals surface area (Å²) >= 11 is 0. The number of carbonyl (C=O) groups is 2. The van der Waals surface area contributed by atoms with Crippen molar-refractivity contribution in [3.05, 3.63) is 30.3 Å². The highest BCUT2D eigenvalue weighted by Crippen LogP contribution is 2.59. The number of furan rings is 1. The number of likely N-dealkylation sites (tertiary alicyclic amines) is 1. The predicted octanol–water partition coefficient (Wildman–Crippen LogP) is 3.00. The van der Waals surface area contributed by atoms with Crippen molar-refractivity contribution in [1.82, 2.24) is 15.2 Å². The van der Waals surface area contributed by atoms with Gasteiger partial charge in [0.05, 0.1) is 6.20 Å². The first kappa shape index (κ1) is 19.5. The lowest BCUT2D eigenvalue weighted by Crippen LogP contribution is -2.41. The zero-order valence-electron chi connectivity index (χ0n) is 17.3. The summed E-state index contributed by atoms with van der Waals surface area (Å²) in [5, 5.41) is 3.92. The molecular formula is C23H29N3O4. The zero-order valence-corrected chi connectivity index (χ0v) is 17.3. The summed E-state index contributed by atoms with van der Waals surface area (Å²) in [6, 6.07) is 3.60. The number of nitrogens with one attached hydrogen (secondary N) is 1. The van der Waals surface area contributed by atoms with Gasteiger partial charge in [0.1, 0.15) is 0 Å². The molecule has 7 nitrogen and oxygen atoms in total. The molecule has 2 saturated heterocycles. The van der Waals surface area contributed by atoms with Crippen molar-refractivity contribution in [2.75, 3.05) is 32.8 Å². The fourth-order valence-corrected chi connectivity index (χ4v) is 5.16. The summed E-state index contributed by atoms with van der Waals surface area (Å²) < 4.78 is 11.0. The van der Waals surface area contributed by atoms with Crippen molar-refractivity contribution in [3.63, 3.8) is 0 Å². The van der Waals surface area contributed by atoms with Crippen LogP contribution in [0.2, 0.25) is 0 Å². The summed E-state index contributed by atoms with van der Waals surface area (Å²) in [6.07, 6.45) is 9.22. The minimum absolute atomic E-state index is 0.169. The summed E-state index contributed by atoms with van der Waals surface area (Å²) in [5.41, 5.74) is 0.934. The Morgan fingerprint density at radius 2 is 2.03 bits per heavy atom. The summed E-state index contributed by atoms with van der Waals surface area (Å²) in [5.74, 6) is 1.46. The van der Waals surface area contributed by atoms with Gasteiger partial charge in [-0.15, -0.1) is 0 Å². The highest BCUT2D eigenvalue weighted by molar-refractivity contribution is 5.95. The highest BCUT2D eigenvalue weighted by Gasteiger charge is 2.54. The topological polar surface area (TPSA) is 84.7 Å². The van der Waals surface area contributed by atoms with Crippen molar-refractivity contribution >= 4 is 22.8 Å². The Labute approximate surface area is 176 Å². The molecule has 5 rings (SSSR count). The molecule has 2 aliphatic heterocycles. The van der Waals surface area contributed by atoms with Crippen molar-refractivity contribution in [2.45, 2.75) is 38.5 Å². The molecule has 7 heteroatoms. The van der Waals surface area contributed by atoms with E-state index in [0.717, 1.165) is 63.8 Å². The number of pyridine rings is 1. The number of fused-ring (bicyclic) bond motifs is 1. The highest BCUT2D eigenvalue weighted by atomic mass is 16.5. The fraction of sp³-hybridized carbons (Fsp3) is 0.609. The van der Waals surface area contributed by atoms with E-state index in [9.17, 15) is 9.59 Å². The Kier molecular flexibility index (Phi) is 5.23. The van der Waals surface area contributed by atoms with E-state index >= 15 is 0 Å². The number of ether oxygens (including phenoxy) is 1. The number of rotatable bonds is 5. The second kappa shape index (κ2) is 8.02. The van der Waals surface area contributed by atoms with Crippen LogP contribution in [0.25, 0.3) is 11.0 Å². The third kappa shape index (κ3) is 3.95. The number of piperidine rings is 1. The van der Waals surface area contributed by atoms with Gasteiger partial charge in [-0.1, -0.05) is 0 Å². The number of amides is 2. The van der Waals surface area contributed by atoms with Gasteiger partial charge in [0.2, 0.25) is 5.91 Å². The average molecular weight is 412 g/mol. The number of aromatic nitrogens is 1. The molecule has 1 spiro atoms. The molecule has 0 aromatic carbocycles. The molecule has 3 fully saturated rings. The third-order valence-electron chi connectivity index (χ3n) is 7.33. The molecule has 0 radical (unpaired) electrons. The lowest BCUT2D eigenvalue weighted by atomic mass is 9.89. The first-order valence-corrected chi connectivity index (χ1v) is 11.1. The van der Waals surface area contributed by atoms with Gasteiger partial charge in [-0.3, -0.25) is 14.6 Å². The molecule has 2 amide bonds. The largest absolute Gasteiger partial charge is 0.449 e. The molecule has 3 aliphatic rings. The smallest absolute Gasteiger partial charge is 0.287 e. The van der Waals surface area contributed by atoms with Gasteiger partial charge in [0, 0.05) is 50.9 Å². The Bertz CT molecular complexity index is 892. The monoisotopic (exact) mass is 411 g/mol. The molecular weight excluding hydrogens is 382 g/mol. The number of nitrogens with zero attached hydrogens (tertiary/aromatic N) is 2. The van der Waals surface area contributed by atoms with E-state index in [4.69, 9.17) is 9.15 Å². The Balaban J connectivity index is 1.08. The lowest BCUT2D eigenvalue weighted by Gasteiger charge is -2.34. The van der Waals surface area contributed by atoms with Crippen LogP contribution in [0, 0.1) is 17.3 Å². The summed E-state index contributed by atoms with van der Waals surface area (Å²) in [4.78, 5) is 31.2. The van der Waals surface area contributed by atoms with Crippen LogP contribution in [0.5, 0.6) is 0 Å². The van der Waals surface area contributed by atoms with Crippen molar-refractivity contribution in [1.29, 1.82) is 0 Å². The Morgan fingerprint density at radius 3 is 2.80 bits per heavy atom. The quantitative estimate of drug-likeness (QED) is 0.818. The van der Waals surface area contributed by atoms with Gasteiger partial charge in [0.15, 0.2) is 11.3 Å². The van der Waals surface area contributed by atoms with E-state index in [0.29, 0.717) is 47.5 Å². The molecule has 160 valence electrons. The Hall–Kier alpha value is -2.41. The third-order valence-corrected chi connectivity index (χ3v) is 7.33. The second-order valence-electron chi connectivity index (χ2n) is 9.14. The van der Waals surface area contributed by atoms with E-state index in [1.165, 1.54) is 0 Å². The summed E-state index contributed by atoms with van der Waals surface area (Å²) in [7, 11) is 0. The molecule has 2 aromatic rings. The van der Waals surface area contributed by atoms with E-state index < -0.39 is 0 Å². The SMILES string of the molecule is O=C(NCC1CC12CCN(C(=O)CC1CCOCC1)CC2)c1cc2ccncc2o1. The molecule has 4 heterocycles. The number of hydrogen-bond acceptors (Lipinski definition) is 5. The predicted molar refractivity (Wildman–Crippen MR) is 111 cm³/mol. The maximum Gasteiger partial charge on any atom is 0.287 e. The maximum atomic E-state index is 12.6. The van der Waals surface area contributed by atoms with Crippen molar-refractivity contribution < 1.29 is 18.7 Å². The molecule has 30 heavy (non-hydrogen) atoms. The van der Waals surface area contributed by atoms with Crippen molar-refractivity contribution in [3.8, 4) is 0 Å². The molecule has 1 saturated carbocycles. The van der Waals surface area contributed by atoms with Crippen LogP contribution in [-0.4, -0.2) is 54.5 Å². The lowest BCUT2D eigenvalue weighted by molar-refractivity contribution is -0.134. The van der Waals surface area contributed by atoms with Gasteiger partial charge < -0.3 is 19.4 Å². The fourth-order valence-electron chi connectivity index (χ4n) is 5.16. The maximum absolute atomic E-state index is 12.6. The number of hydrogen-bond donors (Lipinski definition) is 1.